The van der Waals surface area contributed by atoms with Gasteiger partial charge in [0.2, 0.25) is 0 Å². The zero-order chi connectivity index (χ0) is 21.5. The molecule has 158 valence electrons. The highest BCUT2D eigenvalue weighted by molar-refractivity contribution is 8.26. The fraction of sp³-hybridized carbons (Fsp3) is 0.238. The van der Waals surface area contributed by atoms with Crippen LogP contribution < -0.4 is 10.2 Å². The Morgan fingerprint density at radius 1 is 1.19 bits per heavy atom. The summed E-state index contributed by atoms with van der Waals surface area (Å²) >= 11 is 6.22. The SMILES string of the molecule is CN1CCN(c2ccc(-n3cnc4ccc(C=C5SC(=S)NC5=O)nc43)c(F)c2)CC1. The number of likely N-dealkylation sites (N-methyl/N-ethyl adjacent to an activating group) is 1. The Morgan fingerprint density at radius 3 is 2.71 bits per heavy atom. The number of benzene rings is 1. The molecule has 2 aromatic heterocycles. The van der Waals surface area contributed by atoms with Gasteiger partial charge in [0.1, 0.15) is 22.0 Å². The fourth-order valence-electron chi connectivity index (χ4n) is 3.67. The second-order valence-corrected chi connectivity index (χ2v) is 9.19. The molecule has 5 rings (SSSR count). The lowest BCUT2D eigenvalue weighted by atomic mass is 10.2. The zero-order valence-electron chi connectivity index (χ0n) is 16.7. The lowest BCUT2D eigenvalue weighted by Crippen LogP contribution is -2.44. The molecule has 0 bridgehead atoms. The number of hydrogen-bond donors (Lipinski definition) is 1. The lowest BCUT2D eigenvalue weighted by molar-refractivity contribution is -0.115. The summed E-state index contributed by atoms with van der Waals surface area (Å²) < 4.78 is 17.2. The summed E-state index contributed by atoms with van der Waals surface area (Å²) in [6.07, 6.45) is 3.23. The summed E-state index contributed by atoms with van der Waals surface area (Å²) in [5.74, 6) is -0.576. The quantitative estimate of drug-likeness (QED) is 0.482. The van der Waals surface area contributed by atoms with Crippen molar-refractivity contribution in [3.8, 4) is 5.69 Å². The predicted molar refractivity (Wildman–Crippen MR) is 125 cm³/mol. The summed E-state index contributed by atoms with van der Waals surface area (Å²) in [4.78, 5) is 25.8. The van der Waals surface area contributed by atoms with Crippen LogP contribution in [0, 0.1) is 5.82 Å². The van der Waals surface area contributed by atoms with E-state index in [4.69, 9.17) is 12.2 Å². The molecule has 0 atom stereocenters. The molecule has 4 heterocycles. The largest absolute Gasteiger partial charge is 0.369 e. The van der Waals surface area contributed by atoms with E-state index >= 15 is 4.39 Å². The van der Waals surface area contributed by atoms with Crippen molar-refractivity contribution in [3.63, 3.8) is 0 Å². The van der Waals surface area contributed by atoms with Crippen molar-refractivity contribution < 1.29 is 9.18 Å². The molecule has 31 heavy (non-hydrogen) atoms. The molecule has 2 saturated heterocycles. The summed E-state index contributed by atoms with van der Waals surface area (Å²) in [6.45, 7) is 3.66. The van der Waals surface area contributed by atoms with Crippen molar-refractivity contribution in [2.75, 3.05) is 38.1 Å². The van der Waals surface area contributed by atoms with Crippen molar-refractivity contribution in [2.45, 2.75) is 0 Å². The third-order valence-corrected chi connectivity index (χ3v) is 6.56. The summed E-state index contributed by atoms with van der Waals surface area (Å²) in [5.41, 5.74) is 2.99. The van der Waals surface area contributed by atoms with Crippen LogP contribution in [0.15, 0.2) is 41.6 Å². The third kappa shape index (κ3) is 3.93. The van der Waals surface area contributed by atoms with E-state index in [2.05, 4.69) is 32.1 Å². The van der Waals surface area contributed by atoms with Crippen molar-refractivity contribution in [3.05, 3.63) is 53.1 Å². The molecule has 2 aliphatic rings. The summed E-state index contributed by atoms with van der Waals surface area (Å²) in [7, 11) is 2.09. The molecule has 1 amide bonds. The number of anilines is 1. The van der Waals surface area contributed by atoms with Gasteiger partial charge < -0.3 is 15.1 Å². The number of imidazole rings is 1. The molecule has 10 heteroatoms. The van der Waals surface area contributed by atoms with E-state index in [0.717, 1.165) is 31.9 Å². The van der Waals surface area contributed by atoms with Crippen molar-refractivity contribution in [1.29, 1.82) is 0 Å². The number of thiocarbonyl (C=S) groups is 1. The second-order valence-electron chi connectivity index (χ2n) is 7.47. The standard InChI is InChI=1S/C21H19FN6OS2/c1-26-6-8-27(9-7-26)14-3-5-17(15(22)11-14)28-12-23-16-4-2-13(24-19(16)28)10-18-20(29)25-21(30)31-18/h2-5,10-12H,6-9H2,1H3,(H,25,29,30). The van der Waals surface area contributed by atoms with Crippen LogP contribution in [-0.2, 0) is 4.79 Å². The number of halogens is 1. The van der Waals surface area contributed by atoms with Crippen LogP contribution in [-0.4, -0.2) is 62.9 Å². The maximum atomic E-state index is 15.1. The molecule has 0 spiro atoms. The van der Waals surface area contributed by atoms with Gasteiger partial charge in [-0.05, 0) is 43.5 Å². The van der Waals surface area contributed by atoms with Crippen LogP contribution in [0.2, 0.25) is 0 Å². The number of pyridine rings is 1. The van der Waals surface area contributed by atoms with Gasteiger partial charge in [-0.1, -0.05) is 24.0 Å². The number of nitrogens with one attached hydrogen (secondary N) is 1. The van der Waals surface area contributed by atoms with E-state index in [0.29, 0.717) is 31.8 Å². The topological polar surface area (TPSA) is 66.3 Å². The summed E-state index contributed by atoms with van der Waals surface area (Å²) in [6, 6.07) is 8.84. The van der Waals surface area contributed by atoms with Crippen LogP contribution >= 0.6 is 24.0 Å². The van der Waals surface area contributed by atoms with Crippen LogP contribution in [0.4, 0.5) is 10.1 Å². The van der Waals surface area contributed by atoms with E-state index in [9.17, 15) is 4.79 Å². The molecule has 0 radical (unpaired) electrons. The molecule has 7 nitrogen and oxygen atoms in total. The normalized spacial score (nSPS) is 18.9. The number of piperazine rings is 1. The Morgan fingerprint density at radius 2 is 2.00 bits per heavy atom. The van der Waals surface area contributed by atoms with Gasteiger partial charge in [-0.2, -0.15) is 0 Å². The minimum Gasteiger partial charge on any atom is -0.369 e. The molecule has 1 N–H and O–H groups in total. The van der Waals surface area contributed by atoms with Gasteiger partial charge in [0.05, 0.1) is 16.3 Å². The van der Waals surface area contributed by atoms with Crippen LogP contribution in [0.5, 0.6) is 0 Å². The van der Waals surface area contributed by atoms with Gasteiger partial charge >= 0.3 is 0 Å². The first kappa shape index (κ1) is 20.1. The Hall–Kier alpha value is -2.82. The Bertz CT molecular complexity index is 1230. The highest BCUT2D eigenvalue weighted by atomic mass is 32.2. The molecule has 1 aromatic carbocycles. The number of aromatic nitrogens is 3. The minimum absolute atomic E-state index is 0.240. The molecule has 2 fully saturated rings. The zero-order valence-corrected chi connectivity index (χ0v) is 18.3. The molecule has 0 aliphatic carbocycles. The number of fused-ring (bicyclic) bond motifs is 1. The van der Waals surface area contributed by atoms with E-state index in [1.165, 1.54) is 11.8 Å². The van der Waals surface area contributed by atoms with Gasteiger partial charge in [-0.15, -0.1) is 0 Å². The van der Waals surface area contributed by atoms with Crippen LogP contribution in [0.1, 0.15) is 5.69 Å². The van der Waals surface area contributed by atoms with E-state index in [1.54, 1.807) is 41.2 Å². The van der Waals surface area contributed by atoms with Gasteiger partial charge in [0, 0.05) is 31.9 Å². The van der Waals surface area contributed by atoms with Crippen LogP contribution in [0.25, 0.3) is 22.9 Å². The summed E-state index contributed by atoms with van der Waals surface area (Å²) in [5, 5.41) is 2.58. The lowest BCUT2D eigenvalue weighted by Gasteiger charge is -2.34. The third-order valence-electron chi connectivity index (χ3n) is 5.40. The first-order valence-electron chi connectivity index (χ1n) is 9.80. The van der Waals surface area contributed by atoms with Gasteiger partial charge in [0.25, 0.3) is 5.91 Å². The molecule has 0 unspecified atom stereocenters. The van der Waals surface area contributed by atoms with Crippen molar-refractivity contribution in [2.24, 2.45) is 0 Å². The van der Waals surface area contributed by atoms with Gasteiger partial charge in [-0.3, -0.25) is 9.36 Å². The molecule has 3 aromatic rings. The first-order valence-corrected chi connectivity index (χ1v) is 11.0. The Labute approximate surface area is 187 Å². The number of carbonyl (C=O) groups is 1. The number of rotatable bonds is 3. The average molecular weight is 455 g/mol. The maximum absolute atomic E-state index is 15.1. The smallest absolute Gasteiger partial charge is 0.263 e. The first-order chi connectivity index (χ1) is 15.0. The minimum atomic E-state index is -0.336. The van der Waals surface area contributed by atoms with Gasteiger partial charge in [0.15, 0.2) is 5.65 Å². The fourth-order valence-corrected chi connectivity index (χ4v) is 4.70. The molecular formula is C21H19FN6OS2. The highest BCUT2D eigenvalue weighted by Gasteiger charge is 2.22. The number of amides is 1. The molecule has 0 saturated carbocycles. The predicted octanol–water partition coefficient (Wildman–Crippen LogP) is 2.80. The average Bonchev–Trinajstić information content (AvgIpc) is 3.30. The Kier molecular flexibility index (Phi) is 5.20. The van der Waals surface area contributed by atoms with Crippen molar-refractivity contribution >= 4 is 57.1 Å². The highest BCUT2D eigenvalue weighted by Crippen LogP contribution is 2.27. The van der Waals surface area contributed by atoms with E-state index in [1.807, 2.05) is 6.07 Å². The monoisotopic (exact) mass is 454 g/mol. The maximum Gasteiger partial charge on any atom is 0.263 e. The molecule has 2 aliphatic heterocycles. The number of carbonyl (C=O) groups excluding carboxylic acids is 1. The van der Waals surface area contributed by atoms with Crippen molar-refractivity contribution in [1.82, 2.24) is 24.8 Å². The molecular weight excluding hydrogens is 435 g/mol. The Balaban J connectivity index is 1.48. The van der Waals surface area contributed by atoms with Gasteiger partial charge in [-0.25, -0.2) is 14.4 Å². The second kappa shape index (κ2) is 8.03. The van der Waals surface area contributed by atoms with E-state index < -0.39 is 0 Å². The number of hydrogen-bond acceptors (Lipinski definition) is 7. The number of nitrogens with zero attached hydrogens (tertiary/aromatic N) is 5. The number of thioether (sulfide) groups is 1. The van der Waals surface area contributed by atoms with Crippen LogP contribution in [0.3, 0.4) is 0 Å². The van der Waals surface area contributed by atoms with E-state index in [-0.39, 0.29) is 11.7 Å².